The smallest absolute Gasteiger partial charge is 0.315 e. The Morgan fingerprint density at radius 3 is 2.19 bits per heavy atom. The number of likely N-dealkylation sites (N-methyl/N-ethyl adjacent to an activating group) is 1. The van der Waals surface area contributed by atoms with E-state index < -0.39 is 68.0 Å². The second-order valence-electron chi connectivity index (χ2n) is 16.8. The monoisotopic (exact) mass is 746 g/mol. The molecule has 5 amide bonds. The number of hydrogen-bond acceptors (Lipinski definition) is 7. The van der Waals surface area contributed by atoms with Crippen molar-refractivity contribution in [3.8, 4) is 12.3 Å². The highest BCUT2D eigenvalue weighted by Gasteiger charge is 2.52. The predicted molar refractivity (Wildman–Crippen MR) is 201 cm³/mol. The first-order chi connectivity index (χ1) is 24.2. The summed E-state index contributed by atoms with van der Waals surface area (Å²) in [6.07, 6.45) is 13.9. The Morgan fingerprint density at radius 2 is 1.62 bits per heavy atom. The van der Waals surface area contributed by atoms with Gasteiger partial charge in [0.1, 0.15) is 12.1 Å². The van der Waals surface area contributed by atoms with Gasteiger partial charge in [-0.1, -0.05) is 52.5 Å². The van der Waals surface area contributed by atoms with E-state index in [0.29, 0.717) is 6.54 Å². The van der Waals surface area contributed by atoms with Crippen molar-refractivity contribution in [2.75, 3.05) is 26.7 Å². The second kappa shape index (κ2) is 18.1. The molecule has 0 aromatic heterocycles. The third-order valence-corrected chi connectivity index (χ3v) is 13.4. The number of hydrogen-bond donors (Lipinski definition) is 4. The van der Waals surface area contributed by atoms with Crippen LogP contribution >= 0.6 is 0 Å². The number of sulfonamides is 1. The molecule has 1 heterocycles. The summed E-state index contributed by atoms with van der Waals surface area (Å²) in [5.74, 6) is -0.294. The summed E-state index contributed by atoms with van der Waals surface area (Å²) in [7, 11) is -2.18. The largest absolute Gasteiger partial charge is 0.346 e. The maximum atomic E-state index is 14.7. The van der Waals surface area contributed by atoms with E-state index in [1.165, 1.54) is 17.4 Å². The van der Waals surface area contributed by atoms with Crippen LogP contribution in [0.15, 0.2) is 12.7 Å². The second-order valence-corrected chi connectivity index (χ2v) is 19.6. The average Bonchev–Trinajstić information content (AvgIpc) is 3.68. The van der Waals surface area contributed by atoms with Gasteiger partial charge in [0, 0.05) is 39.1 Å². The number of amides is 5. The van der Waals surface area contributed by atoms with E-state index in [-0.39, 0.29) is 49.6 Å². The molecular formula is C38H62N6O7S. The summed E-state index contributed by atoms with van der Waals surface area (Å²) < 4.78 is 26.6. The van der Waals surface area contributed by atoms with Gasteiger partial charge in [0.25, 0.3) is 5.91 Å². The molecule has 6 atom stereocenters. The van der Waals surface area contributed by atoms with Crippen LogP contribution in [0.4, 0.5) is 4.79 Å². The molecule has 0 aromatic carbocycles. The van der Waals surface area contributed by atoms with Crippen LogP contribution in [-0.4, -0.2) is 103 Å². The highest BCUT2D eigenvalue weighted by Crippen LogP contribution is 2.43. The van der Waals surface area contributed by atoms with E-state index in [2.05, 4.69) is 33.8 Å². The van der Waals surface area contributed by atoms with Crippen LogP contribution in [0, 0.1) is 35.5 Å². The fraction of sp³-hybridized carbons (Fsp3) is 0.763. The molecule has 3 fully saturated rings. The van der Waals surface area contributed by atoms with Gasteiger partial charge in [-0.3, -0.25) is 19.2 Å². The van der Waals surface area contributed by atoms with Crippen LogP contribution in [0.1, 0.15) is 106 Å². The Kier molecular flexibility index (Phi) is 14.9. The molecule has 0 radical (unpaired) electrons. The summed E-state index contributed by atoms with van der Waals surface area (Å²) in [6, 6.07) is -4.15. The molecule has 14 heteroatoms. The third-order valence-electron chi connectivity index (χ3n) is 10.9. The third kappa shape index (κ3) is 10.6. The Bertz CT molecular complexity index is 1470. The first-order valence-corrected chi connectivity index (χ1v) is 20.2. The van der Waals surface area contributed by atoms with Gasteiger partial charge in [-0.05, 0) is 76.0 Å². The van der Waals surface area contributed by atoms with E-state index in [9.17, 15) is 32.4 Å². The normalized spacial score (nSPS) is 22.8. The number of nitrogens with zero attached hydrogens (tertiary/aromatic N) is 2. The molecule has 4 N–H and O–H groups in total. The Morgan fingerprint density at radius 1 is 0.962 bits per heavy atom. The maximum Gasteiger partial charge on any atom is 0.315 e. The van der Waals surface area contributed by atoms with Crippen molar-refractivity contribution in [3.05, 3.63) is 12.7 Å². The molecule has 0 spiro atoms. The van der Waals surface area contributed by atoms with E-state index in [0.717, 1.165) is 51.4 Å². The summed E-state index contributed by atoms with van der Waals surface area (Å²) in [4.78, 5) is 69.9. The lowest BCUT2D eigenvalue weighted by molar-refractivity contribution is -0.144. The van der Waals surface area contributed by atoms with Crippen molar-refractivity contribution in [3.63, 3.8) is 0 Å². The molecule has 13 nitrogen and oxygen atoms in total. The van der Waals surface area contributed by atoms with Crippen LogP contribution in [-0.2, 0) is 29.2 Å². The van der Waals surface area contributed by atoms with Gasteiger partial charge in [-0.25, -0.2) is 17.5 Å². The van der Waals surface area contributed by atoms with Gasteiger partial charge in [-0.2, -0.15) is 0 Å². The van der Waals surface area contributed by atoms with Gasteiger partial charge in [-0.15, -0.1) is 18.9 Å². The first kappa shape index (κ1) is 43.0. The van der Waals surface area contributed by atoms with Crippen LogP contribution in [0.25, 0.3) is 0 Å². The number of urea groups is 1. The minimum atomic E-state index is -3.68. The number of ketones is 1. The van der Waals surface area contributed by atoms with Crippen LogP contribution < -0.4 is 21.3 Å². The van der Waals surface area contributed by atoms with Crippen molar-refractivity contribution in [2.24, 2.45) is 23.2 Å². The molecule has 292 valence electrons. The Balaban J connectivity index is 1.89. The number of Topliss-reactive ketones (excluding diaryl/α,β-unsaturated/α-hetero) is 1. The molecule has 52 heavy (non-hydrogen) atoms. The molecule has 1 saturated heterocycles. The molecular weight excluding hydrogens is 685 g/mol. The zero-order valence-corrected chi connectivity index (χ0v) is 33.1. The highest BCUT2D eigenvalue weighted by atomic mass is 32.2. The topological polar surface area (TPSA) is 174 Å². The standard InChI is InChI=1S/C38H62N6O7S/c1-10-12-21-28(32(45)34(47)39-22-11-2)40-33(46)31-27-20-16-19-26(27)23-44(31)35(48)30(25-17-14-13-15-18-25)42-36(49)41-29(37(3,4)5)24-43(9)52(50,51)38(6,7)8/h1,11,25-31H,2,12-24H2,3-9H3,(H,39,47)(H,40,46)(H2,41,42,49)/t26-,27-,28?,29+,30-,31-/m0/s1. The van der Waals surface area contributed by atoms with Crippen molar-refractivity contribution < 1.29 is 32.4 Å². The van der Waals surface area contributed by atoms with E-state index >= 15 is 0 Å². The summed E-state index contributed by atoms with van der Waals surface area (Å²) in [5, 5.41) is 11.2. The van der Waals surface area contributed by atoms with Crippen molar-refractivity contribution >= 4 is 39.6 Å². The lowest BCUT2D eigenvalue weighted by atomic mass is 9.83. The number of terminal acetylenes is 1. The number of likely N-dealkylation sites (tertiary alicyclic amines) is 1. The van der Waals surface area contributed by atoms with Gasteiger partial charge in [0.15, 0.2) is 0 Å². The van der Waals surface area contributed by atoms with Crippen LogP contribution in [0.3, 0.4) is 0 Å². The molecule has 1 unspecified atom stereocenters. The molecule has 2 saturated carbocycles. The van der Waals surface area contributed by atoms with Crippen LogP contribution in [0.5, 0.6) is 0 Å². The fourth-order valence-corrected chi connectivity index (χ4v) is 9.04. The Labute approximate surface area is 311 Å². The van der Waals surface area contributed by atoms with E-state index in [1.807, 2.05) is 20.8 Å². The zero-order valence-electron chi connectivity index (χ0n) is 32.3. The number of carbonyl (C=O) groups excluding carboxylic acids is 5. The number of rotatable bonds is 15. The molecule has 0 bridgehead atoms. The lowest BCUT2D eigenvalue weighted by Gasteiger charge is -2.38. The minimum absolute atomic E-state index is 0.0292. The molecule has 3 aliphatic rings. The molecule has 2 aliphatic carbocycles. The zero-order chi connectivity index (χ0) is 39.0. The van der Waals surface area contributed by atoms with Crippen molar-refractivity contribution in [1.82, 2.24) is 30.5 Å². The van der Waals surface area contributed by atoms with Gasteiger partial charge >= 0.3 is 6.03 Å². The number of carbonyl (C=O) groups is 5. The van der Waals surface area contributed by atoms with E-state index in [4.69, 9.17) is 6.42 Å². The highest BCUT2D eigenvalue weighted by molar-refractivity contribution is 7.90. The number of nitrogens with one attached hydrogen (secondary N) is 4. The molecule has 0 aromatic rings. The molecule has 3 rings (SSSR count). The first-order valence-electron chi connectivity index (χ1n) is 18.7. The SMILES string of the molecule is C#CCCC(NC(=O)[C@@H]1[C@H]2CCC[C@H]2CN1C(=O)[C@@H](NC(=O)N[C@H](CN(C)S(=O)(=O)C(C)(C)C)C(C)(C)C)C1CCCCC1)C(=O)C(=O)NCC=C. The predicted octanol–water partition coefficient (Wildman–Crippen LogP) is 3.11. The van der Waals surface area contributed by atoms with Gasteiger partial charge in [0.2, 0.25) is 27.6 Å². The minimum Gasteiger partial charge on any atom is -0.346 e. The number of fused-ring (bicyclic) bond motifs is 1. The quantitative estimate of drug-likeness (QED) is 0.113. The fourth-order valence-electron chi connectivity index (χ4n) is 7.76. The molecule has 1 aliphatic heterocycles. The lowest BCUT2D eigenvalue weighted by Crippen LogP contribution is -2.61. The van der Waals surface area contributed by atoms with E-state index in [1.54, 1.807) is 25.7 Å². The average molecular weight is 747 g/mol. The van der Waals surface area contributed by atoms with Crippen molar-refractivity contribution in [2.45, 2.75) is 135 Å². The van der Waals surface area contributed by atoms with Gasteiger partial charge < -0.3 is 26.2 Å². The summed E-state index contributed by atoms with van der Waals surface area (Å²) in [5.41, 5.74) is -0.533. The van der Waals surface area contributed by atoms with Crippen LogP contribution in [0.2, 0.25) is 0 Å². The van der Waals surface area contributed by atoms with Crippen molar-refractivity contribution in [1.29, 1.82) is 0 Å². The summed E-state index contributed by atoms with van der Waals surface area (Å²) >= 11 is 0. The maximum absolute atomic E-state index is 14.7. The Hall–Kier alpha value is -3.44. The van der Waals surface area contributed by atoms with Gasteiger partial charge in [0.05, 0.1) is 10.8 Å². The summed E-state index contributed by atoms with van der Waals surface area (Å²) in [6.45, 7) is 14.6.